The maximum absolute atomic E-state index is 2.59. The minimum Gasteiger partial charge on any atom is -0.365 e. The zero-order chi connectivity index (χ0) is 11.9. The molecule has 1 heterocycles. The van der Waals surface area contributed by atoms with Crippen LogP contribution in [0.3, 0.4) is 0 Å². The van der Waals surface area contributed by atoms with Crippen LogP contribution in [-0.2, 0) is 6.42 Å². The van der Waals surface area contributed by atoms with E-state index in [2.05, 4.69) is 63.8 Å². The molecular weight excluding hydrogens is 194 g/mol. The van der Waals surface area contributed by atoms with E-state index in [-0.39, 0.29) is 0 Å². The van der Waals surface area contributed by atoms with Crippen molar-refractivity contribution in [3.05, 3.63) is 29.8 Å². The highest BCUT2D eigenvalue weighted by molar-refractivity contribution is 5.60. The van der Waals surface area contributed by atoms with Crippen molar-refractivity contribution in [2.24, 2.45) is 5.41 Å². The standard InChI is InChI=1S/C15H23N/c1-11(2)16-13-9-7-6-8-12(13)10-14(16)15(3,4)5/h6-9,11,14H,10H2,1-5H3/t14-/m0/s1. The summed E-state index contributed by atoms with van der Waals surface area (Å²) < 4.78 is 0. The molecule has 0 bridgehead atoms. The molecule has 0 N–H and O–H groups in total. The fourth-order valence-corrected chi connectivity index (χ4v) is 2.77. The number of anilines is 1. The Hall–Kier alpha value is -0.980. The monoisotopic (exact) mass is 217 g/mol. The average Bonchev–Trinajstić information content (AvgIpc) is 2.55. The second-order valence-electron chi connectivity index (χ2n) is 6.22. The summed E-state index contributed by atoms with van der Waals surface area (Å²) in [6, 6.07) is 10.1. The number of nitrogens with zero attached hydrogens (tertiary/aromatic N) is 1. The van der Waals surface area contributed by atoms with E-state index < -0.39 is 0 Å². The molecule has 1 aromatic rings. The summed E-state index contributed by atoms with van der Waals surface area (Å²) in [5.74, 6) is 0. The van der Waals surface area contributed by atoms with Gasteiger partial charge in [-0.25, -0.2) is 0 Å². The first kappa shape index (κ1) is 11.5. The Kier molecular flexibility index (Phi) is 2.73. The van der Waals surface area contributed by atoms with Crippen molar-refractivity contribution in [3.8, 4) is 0 Å². The Morgan fingerprint density at radius 1 is 1.19 bits per heavy atom. The fraction of sp³-hybridized carbons (Fsp3) is 0.600. The average molecular weight is 217 g/mol. The third-order valence-electron chi connectivity index (χ3n) is 3.57. The van der Waals surface area contributed by atoms with Crippen molar-refractivity contribution in [2.75, 3.05) is 4.90 Å². The summed E-state index contributed by atoms with van der Waals surface area (Å²) in [6.45, 7) is 11.6. The summed E-state index contributed by atoms with van der Waals surface area (Å²) in [6.07, 6.45) is 1.19. The van der Waals surface area contributed by atoms with Gasteiger partial charge in [0.25, 0.3) is 0 Å². The smallest absolute Gasteiger partial charge is 0.0404 e. The number of hydrogen-bond acceptors (Lipinski definition) is 1. The van der Waals surface area contributed by atoms with Crippen LogP contribution in [0.15, 0.2) is 24.3 Å². The van der Waals surface area contributed by atoms with Crippen LogP contribution >= 0.6 is 0 Å². The largest absolute Gasteiger partial charge is 0.365 e. The Labute approximate surface area is 99.5 Å². The van der Waals surface area contributed by atoms with Crippen LogP contribution in [0.2, 0.25) is 0 Å². The van der Waals surface area contributed by atoms with Crippen molar-refractivity contribution in [3.63, 3.8) is 0 Å². The van der Waals surface area contributed by atoms with Gasteiger partial charge < -0.3 is 4.90 Å². The molecule has 1 aliphatic rings. The van der Waals surface area contributed by atoms with Gasteiger partial charge in [0.05, 0.1) is 0 Å². The van der Waals surface area contributed by atoms with Gasteiger partial charge in [-0.1, -0.05) is 39.0 Å². The summed E-state index contributed by atoms with van der Waals surface area (Å²) in [7, 11) is 0. The van der Waals surface area contributed by atoms with Crippen molar-refractivity contribution >= 4 is 5.69 Å². The van der Waals surface area contributed by atoms with Crippen LogP contribution in [0.25, 0.3) is 0 Å². The van der Waals surface area contributed by atoms with Gasteiger partial charge in [0.1, 0.15) is 0 Å². The highest BCUT2D eigenvalue weighted by Crippen LogP contribution is 2.40. The van der Waals surface area contributed by atoms with Crippen molar-refractivity contribution in [1.29, 1.82) is 0 Å². The maximum atomic E-state index is 2.59. The van der Waals surface area contributed by atoms with Crippen molar-refractivity contribution in [1.82, 2.24) is 0 Å². The van der Waals surface area contributed by atoms with E-state index in [9.17, 15) is 0 Å². The first-order valence-corrected chi connectivity index (χ1v) is 6.27. The molecule has 88 valence electrons. The van der Waals surface area contributed by atoms with Crippen molar-refractivity contribution in [2.45, 2.75) is 53.1 Å². The summed E-state index contributed by atoms with van der Waals surface area (Å²) in [5, 5.41) is 0. The van der Waals surface area contributed by atoms with Crippen molar-refractivity contribution < 1.29 is 0 Å². The first-order chi connectivity index (χ1) is 7.41. The zero-order valence-corrected chi connectivity index (χ0v) is 11.1. The summed E-state index contributed by atoms with van der Waals surface area (Å²) >= 11 is 0. The quantitative estimate of drug-likeness (QED) is 0.690. The van der Waals surface area contributed by atoms with Crippen LogP contribution in [-0.4, -0.2) is 12.1 Å². The Morgan fingerprint density at radius 3 is 2.38 bits per heavy atom. The molecule has 0 fully saturated rings. The second kappa shape index (κ2) is 3.80. The third kappa shape index (κ3) is 1.83. The first-order valence-electron chi connectivity index (χ1n) is 6.27. The van der Waals surface area contributed by atoms with Gasteiger partial charge in [-0.3, -0.25) is 0 Å². The molecule has 1 aromatic carbocycles. The van der Waals surface area contributed by atoms with Crippen LogP contribution in [0, 0.1) is 5.41 Å². The Balaban J connectivity index is 2.42. The molecule has 1 heteroatoms. The van der Waals surface area contributed by atoms with E-state index in [0.717, 1.165) is 0 Å². The second-order valence-corrected chi connectivity index (χ2v) is 6.22. The minimum atomic E-state index is 0.337. The topological polar surface area (TPSA) is 3.24 Å². The van der Waals surface area contributed by atoms with E-state index in [0.29, 0.717) is 17.5 Å². The predicted octanol–water partition coefficient (Wildman–Crippen LogP) is 3.87. The lowest BCUT2D eigenvalue weighted by Crippen LogP contribution is -2.45. The lowest BCUT2D eigenvalue weighted by atomic mass is 9.84. The van der Waals surface area contributed by atoms with Crippen LogP contribution in [0.5, 0.6) is 0 Å². The highest BCUT2D eigenvalue weighted by Gasteiger charge is 2.37. The normalized spacial score (nSPS) is 20.4. The lowest BCUT2D eigenvalue weighted by molar-refractivity contribution is 0.302. The van der Waals surface area contributed by atoms with Gasteiger partial charge in [-0.15, -0.1) is 0 Å². The molecule has 1 nitrogen and oxygen atoms in total. The van der Waals surface area contributed by atoms with E-state index in [1.54, 1.807) is 0 Å². The molecule has 0 unspecified atom stereocenters. The molecule has 1 aliphatic heterocycles. The van der Waals surface area contributed by atoms with Crippen LogP contribution < -0.4 is 4.90 Å². The Morgan fingerprint density at radius 2 is 1.81 bits per heavy atom. The van der Waals surface area contributed by atoms with Gasteiger partial charge in [0, 0.05) is 17.8 Å². The number of benzene rings is 1. The number of rotatable bonds is 1. The molecule has 16 heavy (non-hydrogen) atoms. The molecule has 2 rings (SSSR count). The van der Waals surface area contributed by atoms with Crippen LogP contribution in [0.4, 0.5) is 5.69 Å². The molecule has 0 radical (unpaired) electrons. The molecule has 0 saturated carbocycles. The molecule has 1 atom stereocenters. The van der Waals surface area contributed by atoms with E-state index >= 15 is 0 Å². The number of para-hydroxylation sites is 1. The minimum absolute atomic E-state index is 0.337. The van der Waals surface area contributed by atoms with Gasteiger partial charge >= 0.3 is 0 Å². The molecule has 0 amide bonds. The Bertz CT molecular complexity index is 373. The lowest BCUT2D eigenvalue weighted by Gasteiger charge is -2.39. The van der Waals surface area contributed by atoms with Gasteiger partial charge in [-0.2, -0.15) is 0 Å². The van der Waals surface area contributed by atoms with Gasteiger partial charge in [0.2, 0.25) is 0 Å². The van der Waals surface area contributed by atoms with E-state index in [1.807, 2.05) is 0 Å². The summed E-state index contributed by atoms with van der Waals surface area (Å²) in [4.78, 5) is 2.59. The molecule has 0 aliphatic carbocycles. The molecule has 0 spiro atoms. The molecular formula is C15H23N. The molecule has 0 aromatic heterocycles. The van der Waals surface area contributed by atoms with Gasteiger partial charge in [-0.05, 0) is 37.3 Å². The van der Waals surface area contributed by atoms with Gasteiger partial charge in [0.15, 0.2) is 0 Å². The SMILES string of the molecule is CC(C)N1c2ccccc2C[C@H]1C(C)(C)C. The third-order valence-corrected chi connectivity index (χ3v) is 3.57. The summed E-state index contributed by atoms with van der Waals surface area (Å²) in [5.41, 5.74) is 3.29. The zero-order valence-electron chi connectivity index (χ0n) is 11.1. The number of fused-ring (bicyclic) bond motifs is 1. The number of hydrogen-bond donors (Lipinski definition) is 0. The van der Waals surface area contributed by atoms with E-state index in [4.69, 9.17) is 0 Å². The molecule has 0 saturated heterocycles. The van der Waals surface area contributed by atoms with Crippen LogP contribution in [0.1, 0.15) is 40.2 Å². The van der Waals surface area contributed by atoms with E-state index in [1.165, 1.54) is 17.7 Å². The highest BCUT2D eigenvalue weighted by atomic mass is 15.2. The predicted molar refractivity (Wildman–Crippen MR) is 71.0 cm³/mol. The maximum Gasteiger partial charge on any atom is 0.0404 e. The fourth-order valence-electron chi connectivity index (χ4n) is 2.77.